The van der Waals surface area contributed by atoms with Crippen molar-refractivity contribution in [2.75, 3.05) is 5.32 Å². The lowest BCUT2D eigenvalue weighted by molar-refractivity contribution is 0.542. The molecule has 0 radical (unpaired) electrons. The molecule has 0 aliphatic carbocycles. The molecule has 0 spiro atoms. The second kappa shape index (κ2) is 8.49. The van der Waals surface area contributed by atoms with Gasteiger partial charge >= 0.3 is 0 Å². The highest BCUT2D eigenvalue weighted by atomic mass is 19.2. The largest absolute Gasteiger partial charge is 0.380 e. The number of halogens is 5. The van der Waals surface area contributed by atoms with Crippen LogP contribution in [-0.4, -0.2) is 21.0 Å². The number of anilines is 1. The first-order chi connectivity index (χ1) is 15.3. The van der Waals surface area contributed by atoms with Gasteiger partial charge in [0, 0.05) is 23.7 Å². The predicted molar refractivity (Wildman–Crippen MR) is 111 cm³/mol. The number of nitrogens with one attached hydrogen (secondary N) is 1. The number of benzene rings is 2. The maximum absolute atomic E-state index is 15.1. The molecule has 4 rings (SSSR count). The lowest BCUT2D eigenvalue weighted by Crippen LogP contribution is -2.16. The molecule has 0 fully saturated rings. The van der Waals surface area contributed by atoms with Gasteiger partial charge in [0.05, 0.1) is 28.7 Å². The van der Waals surface area contributed by atoms with Crippen molar-refractivity contribution >= 4 is 16.9 Å². The number of pyridine rings is 1. The minimum absolute atomic E-state index is 0.0253. The van der Waals surface area contributed by atoms with Crippen LogP contribution in [0.5, 0.6) is 0 Å². The smallest absolute Gasteiger partial charge is 0.225 e. The molecular formula is C23H17F5N4. The quantitative estimate of drug-likeness (QED) is 0.291. The number of rotatable bonds is 5. The van der Waals surface area contributed by atoms with Crippen molar-refractivity contribution in [3.05, 3.63) is 71.8 Å². The lowest BCUT2D eigenvalue weighted by Gasteiger charge is -2.19. The molecule has 0 aliphatic rings. The van der Waals surface area contributed by atoms with Gasteiger partial charge in [-0.25, -0.2) is 27.5 Å². The highest BCUT2D eigenvalue weighted by Crippen LogP contribution is 2.38. The van der Waals surface area contributed by atoms with Gasteiger partial charge in [0.1, 0.15) is 28.8 Å². The Morgan fingerprint density at radius 3 is 2.16 bits per heavy atom. The third-order valence-corrected chi connectivity index (χ3v) is 5.05. The van der Waals surface area contributed by atoms with E-state index < -0.39 is 40.3 Å². The van der Waals surface area contributed by atoms with Crippen LogP contribution >= 0.6 is 0 Å². The topological polar surface area (TPSA) is 50.7 Å². The third kappa shape index (κ3) is 3.98. The first-order valence-electron chi connectivity index (χ1n) is 9.82. The fourth-order valence-electron chi connectivity index (χ4n) is 3.26. The molecule has 1 atom stereocenters. The Morgan fingerprint density at radius 2 is 1.53 bits per heavy atom. The van der Waals surface area contributed by atoms with Crippen molar-refractivity contribution in [2.24, 2.45) is 0 Å². The normalized spacial score (nSPS) is 12.2. The van der Waals surface area contributed by atoms with Crippen molar-refractivity contribution in [1.29, 1.82) is 0 Å². The summed E-state index contributed by atoms with van der Waals surface area (Å²) in [4.78, 5) is 12.3. The van der Waals surface area contributed by atoms with E-state index in [-0.39, 0.29) is 22.9 Å². The van der Waals surface area contributed by atoms with Crippen LogP contribution in [0.1, 0.15) is 20.3 Å². The minimum atomic E-state index is -1.28. The second-order valence-corrected chi connectivity index (χ2v) is 7.29. The summed E-state index contributed by atoms with van der Waals surface area (Å²) in [6.07, 6.45) is 1.94. The molecule has 4 aromatic rings. The molecule has 2 aromatic heterocycles. The SMILES string of the molecule is CCC(C)Nc1c(-c2c(F)cc(F)cc2F)c(F)nc2ncc(-c3ccc(F)cc3)nc12. The van der Waals surface area contributed by atoms with Crippen molar-refractivity contribution in [2.45, 2.75) is 26.3 Å². The molecule has 1 N–H and O–H groups in total. The molecule has 0 saturated carbocycles. The average molecular weight is 444 g/mol. The molecular weight excluding hydrogens is 427 g/mol. The van der Waals surface area contributed by atoms with Gasteiger partial charge in [-0.2, -0.15) is 9.37 Å². The summed E-state index contributed by atoms with van der Waals surface area (Å²) in [5.41, 5.74) is -0.485. The molecule has 0 saturated heterocycles. The van der Waals surface area contributed by atoms with E-state index in [1.54, 1.807) is 6.92 Å². The van der Waals surface area contributed by atoms with Crippen LogP contribution in [0.25, 0.3) is 33.5 Å². The van der Waals surface area contributed by atoms with Crippen LogP contribution in [0.2, 0.25) is 0 Å². The van der Waals surface area contributed by atoms with Crippen LogP contribution in [-0.2, 0) is 0 Å². The zero-order valence-electron chi connectivity index (χ0n) is 17.1. The van der Waals surface area contributed by atoms with Crippen LogP contribution in [0.4, 0.5) is 27.6 Å². The standard InChI is InChI=1S/C23H17F5N4/c1-3-11(2)30-20-19(18-15(26)8-14(25)9-16(18)27)22(28)32-23-21(20)31-17(10-29-23)12-4-6-13(24)7-5-12/h4-11H,3H2,1-2H3,(H,29,30,32). The Bertz CT molecular complexity index is 1290. The highest BCUT2D eigenvalue weighted by molar-refractivity contribution is 5.96. The molecule has 0 aliphatic heterocycles. The summed E-state index contributed by atoms with van der Waals surface area (Å²) < 4.78 is 71.0. The molecule has 1 unspecified atom stereocenters. The summed E-state index contributed by atoms with van der Waals surface area (Å²) in [5.74, 6) is -5.31. The number of hydrogen-bond acceptors (Lipinski definition) is 4. The van der Waals surface area contributed by atoms with E-state index in [2.05, 4.69) is 20.3 Å². The molecule has 32 heavy (non-hydrogen) atoms. The highest BCUT2D eigenvalue weighted by Gasteiger charge is 2.26. The Hall–Kier alpha value is -3.62. The zero-order chi connectivity index (χ0) is 23.0. The maximum Gasteiger partial charge on any atom is 0.225 e. The van der Waals surface area contributed by atoms with Crippen LogP contribution in [0, 0.1) is 29.2 Å². The number of hydrogen-bond donors (Lipinski definition) is 1. The van der Waals surface area contributed by atoms with Crippen LogP contribution in [0.3, 0.4) is 0 Å². The summed E-state index contributed by atoms with van der Waals surface area (Å²) in [7, 11) is 0. The van der Waals surface area contributed by atoms with Gasteiger partial charge in [0.2, 0.25) is 5.95 Å². The first-order valence-corrected chi connectivity index (χ1v) is 9.82. The average Bonchev–Trinajstić information content (AvgIpc) is 2.75. The molecule has 4 nitrogen and oxygen atoms in total. The van der Waals surface area contributed by atoms with Gasteiger partial charge in [-0.3, -0.25) is 0 Å². The van der Waals surface area contributed by atoms with Crippen molar-refractivity contribution < 1.29 is 22.0 Å². The summed E-state index contributed by atoms with van der Waals surface area (Å²) >= 11 is 0. The van der Waals surface area contributed by atoms with E-state index in [0.29, 0.717) is 29.8 Å². The van der Waals surface area contributed by atoms with Gasteiger partial charge < -0.3 is 5.32 Å². The maximum atomic E-state index is 15.1. The van der Waals surface area contributed by atoms with E-state index >= 15 is 4.39 Å². The number of aromatic nitrogens is 3. The van der Waals surface area contributed by atoms with E-state index in [1.807, 2.05) is 6.92 Å². The number of nitrogens with zero attached hydrogens (tertiary/aromatic N) is 3. The van der Waals surface area contributed by atoms with Gasteiger partial charge in [-0.1, -0.05) is 6.92 Å². The van der Waals surface area contributed by atoms with E-state index in [1.165, 1.54) is 30.5 Å². The molecule has 164 valence electrons. The summed E-state index contributed by atoms with van der Waals surface area (Å²) in [6, 6.07) is 6.18. The number of fused-ring (bicyclic) bond motifs is 1. The van der Waals surface area contributed by atoms with Crippen molar-refractivity contribution in [3.63, 3.8) is 0 Å². The Kier molecular flexibility index (Phi) is 5.73. The van der Waals surface area contributed by atoms with Crippen molar-refractivity contribution in [1.82, 2.24) is 15.0 Å². The molecule has 0 bridgehead atoms. The van der Waals surface area contributed by atoms with Gasteiger partial charge in [0.25, 0.3) is 0 Å². The Labute approximate surface area is 180 Å². The fourth-order valence-corrected chi connectivity index (χ4v) is 3.26. The second-order valence-electron chi connectivity index (χ2n) is 7.29. The lowest BCUT2D eigenvalue weighted by atomic mass is 10.0. The van der Waals surface area contributed by atoms with Crippen molar-refractivity contribution in [3.8, 4) is 22.4 Å². The first kappa shape index (κ1) is 21.6. The molecule has 9 heteroatoms. The Morgan fingerprint density at radius 1 is 0.875 bits per heavy atom. The van der Waals surface area contributed by atoms with Crippen LogP contribution in [0.15, 0.2) is 42.6 Å². The molecule has 2 aromatic carbocycles. The molecule has 0 amide bonds. The monoisotopic (exact) mass is 444 g/mol. The van der Waals surface area contributed by atoms with Gasteiger partial charge in [-0.15, -0.1) is 0 Å². The Balaban J connectivity index is 2.04. The summed E-state index contributed by atoms with van der Waals surface area (Å²) in [6.45, 7) is 3.66. The van der Waals surface area contributed by atoms with E-state index in [4.69, 9.17) is 0 Å². The van der Waals surface area contributed by atoms with Gasteiger partial charge in [-0.05, 0) is 37.6 Å². The van der Waals surface area contributed by atoms with E-state index in [0.717, 1.165) is 0 Å². The minimum Gasteiger partial charge on any atom is -0.380 e. The summed E-state index contributed by atoms with van der Waals surface area (Å²) in [5, 5.41) is 3.03. The third-order valence-electron chi connectivity index (χ3n) is 5.05. The van der Waals surface area contributed by atoms with E-state index in [9.17, 15) is 17.6 Å². The van der Waals surface area contributed by atoms with Crippen LogP contribution < -0.4 is 5.32 Å². The van der Waals surface area contributed by atoms with Gasteiger partial charge in [0.15, 0.2) is 5.65 Å². The fraction of sp³-hybridized carbons (Fsp3) is 0.174. The predicted octanol–water partition coefficient (Wildman–Crippen LogP) is 6.26. The molecule has 2 heterocycles. The zero-order valence-corrected chi connectivity index (χ0v) is 17.1.